The number of hydroxylamine groups is 2. The van der Waals surface area contributed by atoms with Crippen molar-refractivity contribution in [3.63, 3.8) is 0 Å². The van der Waals surface area contributed by atoms with Crippen LogP contribution in [0.3, 0.4) is 0 Å². The van der Waals surface area contributed by atoms with Crippen molar-refractivity contribution in [3.8, 4) is 0 Å². The molecule has 21 heavy (non-hydrogen) atoms. The third kappa shape index (κ3) is 2.31. The number of hydrogen-bond donors (Lipinski definition) is 3. The molecule has 2 atom stereocenters. The number of nitrogens with zero attached hydrogens (tertiary/aromatic N) is 4. The summed E-state index contributed by atoms with van der Waals surface area (Å²) in [6, 6.07) is 0.162. The first-order chi connectivity index (χ1) is 10.1. The number of nitrogens with one attached hydrogen (secondary N) is 2. The van der Waals surface area contributed by atoms with Crippen LogP contribution in [0.4, 0.5) is 4.79 Å². The van der Waals surface area contributed by atoms with Crippen LogP contribution >= 0.6 is 0 Å². The van der Waals surface area contributed by atoms with Gasteiger partial charge in [0, 0.05) is 12.7 Å². The first kappa shape index (κ1) is 13.4. The number of carbonyl (C=O) groups excluding carboxylic acids is 2. The second kappa shape index (κ2) is 5.09. The Bertz CT molecular complexity index is 592. The van der Waals surface area contributed by atoms with Gasteiger partial charge in [-0.05, 0) is 18.9 Å². The standard InChI is InChI=1S/C12H14N6O3/c13-10(16-11(19)8-3-4-14-6-15-8)9-2-1-7-5-17(9)12(20)18(7)21/h3-4,6-7,9,21H,1-2,5H2,(H2,13,16,19)/t7-,9+/m1/s1. The van der Waals surface area contributed by atoms with Crippen molar-refractivity contribution in [3.05, 3.63) is 24.3 Å². The van der Waals surface area contributed by atoms with Crippen molar-refractivity contribution in [2.75, 3.05) is 6.54 Å². The molecular formula is C12H14N6O3. The molecule has 2 saturated heterocycles. The number of urea groups is 1. The highest BCUT2D eigenvalue weighted by molar-refractivity contribution is 6.06. The largest absolute Gasteiger partial charge is 0.344 e. The van der Waals surface area contributed by atoms with Gasteiger partial charge < -0.3 is 10.2 Å². The lowest BCUT2D eigenvalue weighted by Crippen LogP contribution is -2.50. The Morgan fingerprint density at radius 3 is 3.00 bits per heavy atom. The molecule has 110 valence electrons. The number of rotatable bonds is 2. The predicted molar refractivity (Wildman–Crippen MR) is 69.8 cm³/mol. The summed E-state index contributed by atoms with van der Waals surface area (Å²) in [5.41, 5.74) is 0.153. The van der Waals surface area contributed by atoms with Crippen LogP contribution < -0.4 is 5.32 Å². The summed E-state index contributed by atoms with van der Waals surface area (Å²) < 4.78 is 0. The first-order valence-electron chi connectivity index (χ1n) is 6.52. The molecule has 3 N–H and O–H groups in total. The summed E-state index contributed by atoms with van der Waals surface area (Å²) in [7, 11) is 0. The lowest BCUT2D eigenvalue weighted by atomic mass is 10.00. The number of aromatic nitrogens is 2. The van der Waals surface area contributed by atoms with E-state index in [4.69, 9.17) is 5.41 Å². The van der Waals surface area contributed by atoms with Crippen LogP contribution in [0, 0.1) is 5.41 Å². The summed E-state index contributed by atoms with van der Waals surface area (Å²) in [5, 5.41) is 20.7. The molecule has 1 aromatic heterocycles. The van der Waals surface area contributed by atoms with E-state index in [0.29, 0.717) is 24.4 Å². The van der Waals surface area contributed by atoms with E-state index in [0.717, 1.165) is 0 Å². The van der Waals surface area contributed by atoms with Crippen LogP contribution in [0.1, 0.15) is 23.3 Å². The fourth-order valence-electron chi connectivity index (χ4n) is 2.65. The average Bonchev–Trinajstić information content (AvgIpc) is 2.73. The van der Waals surface area contributed by atoms with Crippen molar-refractivity contribution >= 4 is 17.8 Å². The Morgan fingerprint density at radius 2 is 2.29 bits per heavy atom. The Hall–Kier alpha value is -2.55. The molecular weight excluding hydrogens is 276 g/mol. The molecule has 3 amide bonds. The third-order valence-electron chi connectivity index (χ3n) is 3.74. The van der Waals surface area contributed by atoms with Gasteiger partial charge in [0.15, 0.2) is 0 Å². The van der Waals surface area contributed by atoms with Gasteiger partial charge in [-0.3, -0.25) is 15.4 Å². The minimum absolute atomic E-state index is 0.0688. The highest BCUT2D eigenvalue weighted by Gasteiger charge is 2.45. The van der Waals surface area contributed by atoms with Gasteiger partial charge in [-0.25, -0.2) is 19.8 Å². The second-order valence-corrected chi connectivity index (χ2v) is 4.99. The molecule has 3 rings (SSSR count). The summed E-state index contributed by atoms with van der Waals surface area (Å²) in [5.74, 6) is -0.585. The fourth-order valence-corrected chi connectivity index (χ4v) is 2.65. The van der Waals surface area contributed by atoms with E-state index in [9.17, 15) is 14.8 Å². The van der Waals surface area contributed by atoms with Crippen molar-refractivity contribution in [1.29, 1.82) is 5.41 Å². The number of fused-ring (bicyclic) bond motifs is 2. The van der Waals surface area contributed by atoms with Gasteiger partial charge in [-0.1, -0.05) is 0 Å². The highest BCUT2D eigenvalue weighted by atomic mass is 16.5. The molecule has 0 aromatic carbocycles. The highest BCUT2D eigenvalue weighted by Crippen LogP contribution is 2.28. The van der Waals surface area contributed by atoms with Gasteiger partial charge in [0.25, 0.3) is 5.91 Å². The van der Waals surface area contributed by atoms with E-state index in [1.54, 1.807) is 0 Å². The minimum Gasteiger partial charge on any atom is -0.311 e. The third-order valence-corrected chi connectivity index (χ3v) is 3.74. The predicted octanol–water partition coefficient (Wildman–Crippen LogP) is -0.159. The second-order valence-electron chi connectivity index (χ2n) is 4.99. The number of amides is 3. The van der Waals surface area contributed by atoms with Gasteiger partial charge in [-0.15, -0.1) is 0 Å². The first-order valence-corrected chi connectivity index (χ1v) is 6.52. The van der Waals surface area contributed by atoms with Crippen LogP contribution in [0.2, 0.25) is 0 Å². The number of hydrogen-bond acceptors (Lipinski definition) is 6. The molecule has 9 nitrogen and oxygen atoms in total. The summed E-state index contributed by atoms with van der Waals surface area (Å²) in [6.45, 7) is 0.367. The minimum atomic E-state index is -0.531. The Kier molecular flexibility index (Phi) is 3.26. The number of amidine groups is 1. The zero-order valence-electron chi connectivity index (χ0n) is 11.1. The molecule has 3 heterocycles. The molecule has 1 aromatic rings. The van der Waals surface area contributed by atoms with Crippen molar-refractivity contribution in [1.82, 2.24) is 25.2 Å². The van der Waals surface area contributed by atoms with Gasteiger partial charge in [-0.2, -0.15) is 0 Å². The zero-order valence-corrected chi connectivity index (χ0v) is 11.1. The van der Waals surface area contributed by atoms with Crippen LogP contribution in [0.5, 0.6) is 0 Å². The molecule has 2 fully saturated rings. The summed E-state index contributed by atoms with van der Waals surface area (Å²) in [6.07, 6.45) is 3.80. The molecule has 2 aliphatic heterocycles. The van der Waals surface area contributed by atoms with Gasteiger partial charge in [0.2, 0.25) is 0 Å². The molecule has 0 aliphatic carbocycles. The van der Waals surface area contributed by atoms with Crippen molar-refractivity contribution in [2.24, 2.45) is 0 Å². The fraction of sp³-hybridized carbons (Fsp3) is 0.417. The monoisotopic (exact) mass is 290 g/mol. The molecule has 2 bridgehead atoms. The summed E-state index contributed by atoms with van der Waals surface area (Å²) >= 11 is 0. The number of piperidine rings is 1. The molecule has 9 heteroatoms. The molecule has 2 aliphatic rings. The average molecular weight is 290 g/mol. The quantitative estimate of drug-likeness (QED) is 0.397. The lowest BCUT2D eigenvalue weighted by Gasteiger charge is -2.30. The van der Waals surface area contributed by atoms with Gasteiger partial charge in [0.05, 0.1) is 12.1 Å². The van der Waals surface area contributed by atoms with Crippen LogP contribution in [-0.2, 0) is 0 Å². The van der Waals surface area contributed by atoms with Gasteiger partial charge >= 0.3 is 6.03 Å². The zero-order chi connectivity index (χ0) is 15.0. The van der Waals surface area contributed by atoms with E-state index in [-0.39, 0.29) is 17.6 Å². The van der Waals surface area contributed by atoms with E-state index in [1.165, 1.54) is 23.5 Å². The lowest BCUT2D eigenvalue weighted by molar-refractivity contribution is -0.0583. The molecule has 0 saturated carbocycles. The van der Waals surface area contributed by atoms with Crippen LogP contribution in [0.15, 0.2) is 18.6 Å². The van der Waals surface area contributed by atoms with Gasteiger partial charge in [0.1, 0.15) is 17.9 Å². The molecule has 0 spiro atoms. The van der Waals surface area contributed by atoms with Crippen LogP contribution in [-0.4, -0.2) is 61.5 Å². The Morgan fingerprint density at radius 1 is 1.48 bits per heavy atom. The smallest absolute Gasteiger partial charge is 0.311 e. The van der Waals surface area contributed by atoms with Crippen LogP contribution in [0.25, 0.3) is 0 Å². The van der Waals surface area contributed by atoms with Crippen molar-refractivity contribution in [2.45, 2.75) is 24.9 Å². The Balaban J connectivity index is 1.69. The Labute approximate surface area is 120 Å². The summed E-state index contributed by atoms with van der Waals surface area (Å²) in [4.78, 5) is 32.7. The molecule has 0 radical (unpaired) electrons. The van der Waals surface area contributed by atoms with E-state index < -0.39 is 18.0 Å². The number of carbonyl (C=O) groups is 2. The van der Waals surface area contributed by atoms with E-state index in [1.807, 2.05) is 0 Å². The molecule has 0 unspecified atom stereocenters. The maximum Gasteiger partial charge on any atom is 0.344 e. The maximum absolute atomic E-state index is 11.9. The van der Waals surface area contributed by atoms with E-state index >= 15 is 0 Å². The van der Waals surface area contributed by atoms with E-state index in [2.05, 4.69) is 15.3 Å². The SMILES string of the molecule is N=C(NC(=O)c1ccncn1)[C@@H]1CC[C@@H]2CN1C(=O)N2O. The normalized spacial score (nSPS) is 24.1. The van der Waals surface area contributed by atoms with Crippen molar-refractivity contribution < 1.29 is 14.8 Å². The maximum atomic E-state index is 11.9. The topological polar surface area (TPSA) is 123 Å².